The maximum absolute atomic E-state index is 12.5. The van der Waals surface area contributed by atoms with E-state index in [1.165, 1.54) is 10.7 Å². The van der Waals surface area contributed by atoms with Gasteiger partial charge in [-0.25, -0.2) is 0 Å². The zero-order valence-corrected chi connectivity index (χ0v) is 16.1. The van der Waals surface area contributed by atoms with E-state index < -0.39 is 5.91 Å². The number of amides is 3. The number of carbonyl (C=O) groups excluding carboxylic acids is 3. The fourth-order valence-electron chi connectivity index (χ4n) is 2.71. The SMILES string of the molecule is CNC(=O)c1ccc(NC(=O)c2cc(NC(=O)Cc3ccccc3)n(C)n2)cc1. The molecule has 1 aromatic heterocycles. The van der Waals surface area contributed by atoms with Crippen molar-refractivity contribution in [2.24, 2.45) is 7.05 Å². The van der Waals surface area contributed by atoms with Crippen molar-refractivity contribution in [3.63, 3.8) is 0 Å². The van der Waals surface area contributed by atoms with Gasteiger partial charge in [0.2, 0.25) is 5.91 Å². The highest BCUT2D eigenvalue weighted by atomic mass is 16.2. The molecule has 0 aliphatic rings. The summed E-state index contributed by atoms with van der Waals surface area (Å²) in [6.07, 6.45) is 0.227. The fraction of sp³-hybridized carbons (Fsp3) is 0.143. The second kappa shape index (κ2) is 8.83. The molecule has 0 bridgehead atoms. The third-order valence-corrected chi connectivity index (χ3v) is 4.22. The summed E-state index contributed by atoms with van der Waals surface area (Å²) in [7, 11) is 3.20. The van der Waals surface area contributed by atoms with E-state index in [9.17, 15) is 14.4 Å². The number of benzene rings is 2. The van der Waals surface area contributed by atoms with Crippen LogP contribution in [-0.2, 0) is 18.3 Å². The van der Waals surface area contributed by atoms with Crippen LogP contribution in [0.4, 0.5) is 11.5 Å². The minimum atomic E-state index is -0.420. The van der Waals surface area contributed by atoms with Crippen LogP contribution in [0.25, 0.3) is 0 Å². The quantitative estimate of drug-likeness (QED) is 0.599. The molecule has 0 aliphatic heterocycles. The van der Waals surface area contributed by atoms with Gasteiger partial charge >= 0.3 is 0 Å². The summed E-state index contributed by atoms with van der Waals surface area (Å²) in [5, 5.41) is 12.2. The minimum absolute atomic E-state index is 0.165. The smallest absolute Gasteiger partial charge is 0.276 e. The van der Waals surface area contributed by atoms with Gasteiger partial charge in [0.15, 0.2) is 5.69 Å². The lowest BCUT2D eigenvalue weighted by Gasteiger charge is -2.04. The maximum Gasteiger partial charge on any atom is 0.276 e. The first-order valence-corrected chi connectivity index (χ1v) is 8.97. The van der Waals surface area contributed by atoms with E-state index in [1.807, 2.05) is 30.3 Å². The summed E-state index contributed by atoms with van der Waals surface area (Å²) < 4.78 is 1.44. The zero-order chi connectivity index (χ0) is 20.8. The monoisotopic (exact) mass is 391 g/mol. The molecule has 29 heavy (non-hydrogen) atoms. The maximum atomic E-state index is 12.5. The first kappa shape index (κ1) is 19.8. The van der Waals surface area contributed by atoms with Crippen LogP contribution in [0.3, 0.4) is 0 Å². The van der Waals surface area contributed by atoms with Crippen molar-refractivity contribution in [3.8, 4) is 0 Å². The summed E-state index contributed by atoms with van der Waals surface area (Å²) in [5.41, 5.74) is 2.08. The standard InChI is InChI=1S/C21H21N5O3/c1-22-20(28)15-8-10-16(11-9-15)23-21(29)17-13-18(26(2)25-17)24-19(27)12-14-6-4-3-5-7-14/h3-11,13H,12H2,1-2H3,(H,22,28)(H,23,29)(H,24,27). The summed E-state index contributed by atoms with van der Waals surface area (Å²) in [5.74, 6) is -0.401. The Morgan fingerprint density at radius 3 is 2.28 bits per heavy atom. The second-order valence-electron chi connectivity index (χ2n) is 6.36. The lowest BCUT2D eigenvalue weighted by molar-refractivity contribution is -0.115. The predicted molar refractivity (Wildman–Crippen MR) is 110 cm³/mol. The van der Waals surface area contributed by atoms with Gasteiger partial charge in [0.05, 0.1) is 6.42 Å². The Kier molecular flexibility index (Phi) is 6.03. The van der Waals surface area contributed by atoms with Crippen molar-refractivity contribution >= 4 is 29.2 Å². The van der Waals surface area contributed by atoms with Gasteiger partial charge in [-0.2, -0.15) is 5.10 Å². The van der Waals surface area contributed by atoms with Gasteiger partial charge in [-0.15, -0.1) is 0 Å². The van der Waals surface area contributed by atoms with E-state index in [0.717, 1.165) is 5.56 Å². The topological polar surface area (TPSA) is 105 Å². The number of anilines is 2. The van der Waals surface area contributed by atoms with E-state index in [1.54, 1.807) is 38.4 Å². The lowest BCUT2D eigenvalue weighted by Crippen LogP contribution is -2.18. The predicted octanol–water partition coefficient (Wildman–Crippen LogP) is 2.21. The largest absolute Gasteiger partial charge is 0.355 e. The van der Waals surface area contributed by atoms with Gasteiger partial charge in [-0.1, -0.05) is 30.3 Å². The number of hydrogen-bond donors (Lipinski definition) is 3. The van der Waals surface area contributed by atoms with Crippen molar-refractivity contribution in [2.45, 2.75) is 6.42 Å². The highest BCUT2D eigenvalue weighted by molar-refractivity contribution is 6.04. The van der Waals surface area contributed by atoms with Gasteiger partial charge in [-0.05, 0) is 29.8 Å². The number of rotatable bonds is 6. The molecule has 0 unspecified atom stereocenters. The molecular weight excluding hydrogens is 370 g/mol. The summed E-state index contributed by atoms with van der Waals surface area (Å²) in [4.78, 5) is 36.2. The molecule has 0 saturated carbocycles. The molecule has 3 aromatic rings. The Bertz CT molecular complexity index is 1030. The summed E-state index contributed by atoms with van der Waals surface area (Å²) in [6.45, 7) is 0. The van der Waals surface area contributed by atoms with E-state index in [2.05, 4.69) is 21.0 Å². The molecule has 0 radical (unpaired) electrons. The average Bonchev–Trinajstić information content (AvgIpc) is 3.09. The number of carbonyl (C=O) groups is 3. The first-order chi connectivity index (χ1) is 14.0. The van der Waals surface area contributed by atoms with Crippen molar-refractivity contribution < 1.29 is 14.4 Å². The Balaban J connectivity index is 1.63. The summed E-state index contributed by atoms with van der Waals surface area (Å²) in [6, 6.07) is 17.4. The van der Waals surface area contributed by atoms with Crippen LogP contribution < -0.4 is 16.0 Å². The minimum Gasteiger partial charge on any atom is -0.355 e. The number of nitrogens with one attached hydrogen (secondary N) is 3. The van der Waals surface area contributed by atoms with Crippen molar-refractivity contribution in [1.29, 1.82) is 0 Å². The normalized spacial score (nSPS) is 10.3. The molecule has 3 amide bonds. The third kappa shape index (κ3) is 5.07. The molecule has 0 spiro atoms. The Hall–Kier alpha value is -3.94. The van der Waals surface area contributed by atoms with E-state index in [-0.39, 0.29) is 23.9 Å². The van der Waals surface area contributed by atoms with Gasteiger partial charge in [0, 0.05) is 31.4 Å². The van der Waals surface area contributed by atoms with E-state index in [4.69, 9.17) is 0 Å². The van der Waals surface area contributed by atoms with Crippen LogP contribution in [0.1, 0.15) is 26.4 Å². The molecule has 8 heteroatoms. The van der Waals surface area contributed by atoms with Crippen molar-refractivity contribution in [3.05, 3.63) is 77.5 Å². The van der Waals surface area contributed by atoms with Crippen molar-refractivity contribution in [2.75, 3.05) is 17.7 Å². The Morgan fingerprint density at radius 1 is 0.931 bits per heavy atom. The molecule has 8 nitrogen and oxygen atoms in total. The Morgan fingerprint density at radius 2 is 1.62 bits per heavy atom. The number of aromatic nitrogens is 2. The number of hydrogen-bond acceptors (Lipinski definition) is 4. The average molecular weight is 391 g/mol. The molecule has 3 N–H and O–H groups in total. The van der Waals surface area contributed by atoms with Crippen LogP contribution in [0, 0.1) is 0 Å². The van der Waals surface area contributed by atoms with E-state index in [0.29, 0.717) is 17.1 Å². The lowest BCUT2D eigenvalue weighted by atomic mass is 10.1. The van der Waals surface area contributed by atoms with Crippen LogP contribution in [-0.4, -0.2) is 34.5 Å². The van der Waals surface area contributed by atoms with Gasteiger partial charge in [-0.3, -0.25) is 19.1 Å². The third-order valence-electron chi connectivity index (χ3n) is 4.22. The van der Waals surface area contributed by atoms with Crippen LogP contribution in [0.2, 0.25) is 0 Å². The number of nitrogens with zero attached hydrogens (tertiary/aromatic N) is 2. The molecule has 2 aromatic carbocycles. The van der Waals surface area contributed by atoms with Crippen LogP contribution >= 0.6 is 0 Å². The molecule has 0 aliphatic carbocycles. The molecule has 0 atom stereocenters. The van der Waals surface area contributed by atoms with Gasteiger partial charge in [0.25, 0.3) is 11.8 Å². The number of aryl methyl sites for hydroxylation is 1. The van der Waals surface area contributed by atoms with Crippen molar-refractivity contribution in [1.82, 2.24) is 15.1 Å². The second-order valence-corrected chi connectivity index (χ2v) is 6.36. The molecule has 0 saturated heterocycles. The molecule has 0 fully saturated rings. The first-order valence-electron chi connectivity index (χ1n) is 8.97. The molecule has 148 valence electrons. The molecule has 1 heterocycles. The van der Waals surface area contributed by atoms with Gasteiger partial charge in [0.1, 0.15) is 5.82 Å². The highest BCUT2D eigenvalue weighted by Crippen LogP contribution is 2.14. The zero-order valence-electron chi connectivity index (χ0n) is 16.1. The Labute approximate surface area is 167 Å². The molecular formula is C21H21N5O3. The van der Waals surface area contributed by atoms with Gasteiger partial charge < -0.3 is 16.0 Å². The van der Waals surface area contributed by atoms with Crippen LogP contribution in [0.5, 0.6) is 0 Å². The van der Waals surface area contributed by atoms with Crippen LogP contribution in [0.15, 0.2) is 60.7 Å². The molecule has 3 rings (SSSR count). The summed E-state index contributed by atoms with van der Waals surface area (Å²) >= 11 is 0. The van der Waals surface area contributed by atoms with E-state index >= 15 is 0 Å². The fourth-order valence-corrected chi connectivity index (χ4v) is 2.71. The highest BCUT2D eigenvalue weighted by Gasteiger charge is 2.15.